The maximum Gasteiger partial charge on any atom is -0.0103 e. The van der Waals surface area contributed by atoms with E-state index in [2.05, 4.69) is 259 Å². The fraction of sp³-hybridized carbons (Fsp3) is 0.238. The molecule has 0 radical (unpaired) electrons. The zero-order valence-electron chi connectivity index (χ0n) is 40.4. The Bertz CT molecular complexity index is 2390. The summed E-state index contributed by atoms with van der Waals surface area (Å²) >= 11 is 0. The van der Waals surface area contributed by atoms with E-state index in [9.17, 15) is 0 Å². The Balaban J connectivity index is 0.000000244. The van der Waals surface area contributed by atoms with E-state index in [1.807, 2.05) is 6.08 Å². The minimum atomic E-state index is 1.25. The number of aryl methyl sites for hydroxylation is 5. The van der Waals surface area contributed by atoms with Gasteiger partial charge in [0.15, 0.2) is 0 Å². The Kier molecular flexibility index (Phi) is 23.0. The first-order chi connectivity index (χ1) is 30.5. The topological polar surface area (TPSA) is 0 Å². The monoisotopic (exact) mass is 831 g/mol. The lowest BCUT2D eigenvalue weighted by Gasteiger charge is -2.12. The molecular formula is C63H74. The number of benzene rings is 7. The summed E-state index contributed by atoms with van der Waals surface area (Å²) in [6, 6.07) is 60.4. The second kappa shape index (κ2) is 28.4. The van der Waals surface area contributed by atoms with Crippen LogP contribution in [0.3, 0.4) is 0 Å². The van der Waals surface area contributed by atoms with Gasteiger partial charge in [0, 0.05) is 0 Å². The molecule has 63 heavy (non-hydrogen) atoms. The van der Waals surface area contributed by atoms with Gasteiger partial charge in [0.1, 0.15) is 0 Å². The number of allylic oxidation sites excluding steroid dienone is 5. The van der Waals surface area contributed by atoms with Gasteiger partial charge in [-0.3, -0.25) is 0 Å². The quantitative estimate of drug-likeness (QED) is 0.127. The molecule has 0 aliphatic heterocycles. The van der Waals surface area contributed by atoms with Crippen LogP contribution in [0.2, 0.25) is 0 Å². The van der Waals surface area contributed by atoms with Crippen LogP contribution in [0.5, 0.6) is 0 Å². The first-order valence-electron chi connectivity index (χ1n) is 23.0. The van der Waals surface area contributed by atoms with E-state index < -0.39 is 0 Å². The Morgan fingerprint density at radius 1 is 0.397 bits per heavy atom. The van der Waals surface area contributed by atoms with Crippen LogP contribution in [0, 0.1) is 34.6 Å². The molecule has 326 valence electrons. The highest BCUT2D eigenvalue weighted by molar-refractivity contribution is 5.85. The average molecular weight is 831 g/mol. The van der Waals surface area contributed by atoms with E-state index in [-0.39, 0.29) is 0 Å². The molecule has 0 saturated carbocycles. The van der Waals surface area contributed by atoms with E-state index >= 15 is 0 Å². The molecule has 0 N–H and O–H groups in total. The molecule has 0 heteroatoms. The first kappa shape index (κ1) is 51.1. The fourth-order valence-corrected chi connectivity index (χ4v) is 6.65. The van der Waals surface area contributed by atoms with Gasteiger partial charge in [-0.25, -0.2) is 0 Å². The highest BCUT2D eigenvalue weighted by Crippen LogP contribution is 2.34. The molecule has 0 fully saturated rings. The Hall–Kier alpha value is -6.24. The molecule has 0 atom stereocenters. The van der Waals surface area contributed by atoms with Gasteiger partial charge in [-0.15, -0.1) is 0 Å². The molecule has 0 spiro atoms. The molecule has 0 aliphatic carbocycles. The van der Waals surface area contributed by atoms with Crippen LogP contribution in [0.1, 0.15) is 101 Å². The lowest BCUT2D eigenvalue weighted by atomic mass is 9.92. The molecule has 0 bridgehead atoms. The van der Waals surface area contributed by atoms with Crippen LogP contribution in [-0.2, 0) is 0 Å². The van der Waals surface area contributed by atoms with Gasteiger partial charge in [0.05, 0.1) is 0 Å². The minimum Gasteiger partial charge on any atom is -0.0991 e. The largest absolute Gasteiger partial charge is 0.0991 e. The van der Waals surface area contributed by atoms with Gasteiger partial charge in [-0.05, 0) is 126 Å². The summed E-state index contributed by atoms with van der Waals surface area (Å²) in [4.78, 5) is 0. The standard InChI is InChI=1S/C26H22.C15H18.C14H14.2C4H10/c1-19-8-11-21(12-9-19)22-13-15-24(16-14-22)25-17-10-20(2)18-26(25)23-6-4-3-5-7-23;1-5-6-9-12(2)14(4)15-11-8-7-10-13(15)3;1-11-7-3-5-9-13(11)14-10-6-4-8-12(14)2;2*1-3-4-2/h3-18H,1-2H3;5-11H,1H2,2-4H3;3-10H,1-2H3;2*3-4H2,1-2H3/b;9-6-,14-12+;;;. The molecule has 0 aromatic heterocycles. The fourth-order valence-electron chi connectivity index (χ4n) is 6.65. The number of unbranched alkanes of at least 4 members (excludes halogenated alkanes) is 2. The van der Waals surface area contributed by atoms with E-state index in [0.717, 1.165) is 0 Å². The zero-order valence-corrected chi connectivity index (χ0v) is 40.4. The Morgan fingerprint density at radius 3 is 1.29 bits per heavy atom. The van der Waals surface area contributed by atoms with Crippen molar-refractivity contribution in [3.05, 3.63) is 234 Å². The predicted octanol–water partition coefficient (Wildman–Crippen LogP) is 19.4. The molecule has 0 nitrogen and oxygen atoms in total. The first-order valence-corrected chi connectivity index (χ1v) is 23.0. The van der Waals surface area contributed by atoms with E-state index in [1.165, 1.54) is 115 Å². The van der Waals surface area contributed by atoms with Crippen molar-refractivity contribution in [1.82, 2.24) is 0 Å². The van der Waals surface area contributed by atoms with Crippen LogP contribution in [0.25, 0.3) is 50.1 Å². The Morgan fingerprint density at radius 2 is 0.810 bits per heavy atom. The van der Waals surface area contributed by atoms with Gasteiger partial charge >= 0.3 is 0 Å². The van der Waals surface area contributed by atoms with Crippen molar-refractivity contribution in [1.29, 1.82) is 0 Å². The second-order valence-corrected chi connectivity index (χ2v) is 16.2. The van der Waals surface area contributed by atoms with Crippen LogP contribution in [0.4, 0.5) is 0 Å². The molecule has 0 heterocycles. The molecule has 7 aromatic rings. The van der Waals surface area contributed by atoms with Crippen molar-refractivity contribution in [2.24, 2.45) is 0 Å². The molecule has 7 rings (SSSR count). The molecule has 0 amide bonds. The van der Waals surface area contributed by atoms with Gasteiger partial charge in [0.2, 0.25) is 0 Å². The number of hydrogen-bond acceptors (Lipinski definition) is 0. The Labute approximate surface area is 383 Å². The smallest absolute Gasteiger partial charge is 0.0103 e. The summed E-state index contributed by atoms with van der Waals surface area (Å²) in [7, 11) is 0. The predicted molar refractivity (Wildman–Crippen MR) is 284 cm³/mol. The lowest BCUT2D eigenvalue weighted by molar-refractivity contribution is 0.886. The average Bonchev–Trinajstić information content (AvgIpc) is 3.32. The van der Waals surface area contributed by atoms with Gasteiger partial charge < -0.3 is 0 Å². The summed E-state index contributed by atoms with van der Waals surface area (Å²) in [6.45, 7) is 27.4. The van der Waals surface area contributed by atoms with Crippen molar-refractivity contribution >= 4 is 5.57 Å². The summed E-state index contributed by atoms with van der Waals surface area (Å²) in [5.74, 6) is 0. The summed E-state index contributed by atoms with van der Waals surface area (Å²) in [6.07, 6.45) is 11.1. The second-order valence-electron chi connectivity index (χ2n) is 16.2. The highest BCUT2D eigenvalue weighted by Gasteiger charge is 2.09. The van der Waals surface area contributed by atoms with Crippen molar-refractivity contribution < 1.29 is 0 Å². The normalized spacial score (nSPS) is 10.7. The molecule has 0 aliphatic rings. The third-order valence-electron chi connectivity index (χ3n) is 11.0. The minimum absolute atomic E-state index is 1.25. The van der Waals surface area contributed by atoms with Crippen LogP contribution in [0.15, 0.2) is 200 Å². The third kappa shape index (κ3) is 16.9. The number of hydrogen-bond donors (Lipinski definition) is 0. The van der Waals surface area contributed by atoms with Crippen molar-refractivity contribution in [3.8, 4) is 44.5 Å². The summed E-state index contributed by atoms with van der Waals surface area (Å²) in [5.41, 5.74) is 20.7. The SMILES string of the molecule is C=C/C=C\C(C)=C(/C)c1ccccc1C.CCCC.CCCC.Cc1ccc(-c2ccc(-c3ccc(C)cc3-c3ccccc3)cc2)cc1.Cc1ccccc1-c1ccccc1C. The summed E-state index contributed by atoms with van der Waals surface area (Å²) < 4.78 is 0. The molecule has 0 saturated heterocycles. The van der Waals surface area contributed by atoms with E-state index in [1.54, 1.807) is 6.08 Å². The lowest BCUT2D eigenvalue weighted by Crippen LogP contribution is -1.87. The van der Waals surface area contributed by atoms with Gasteiger partial charge in [0.25, 0.3) is 0 Å². The zero-order chi connectivity index (χ0) is 46.0. The van der Waals surface area contributed by atoms with Gasteiger partial charge in [-0.1, -0.05) is 259 Å². The number of rotatable bonds is 9. The van der Waals surface area contributed by atoms with Crippen LogP contribution < -0.4 is 0 Å². The maximum atomic E-state index is 3.67. The molecule has 0 unspecified atom stereocenters. The van der Waals surface area contributed by atoms with Crippen molar-refractivity contribution in [2.75, 3.05) is 0 Å². The van der Waals surface area contributed by atoms with Gasteiger partial charge in [-0.2, -0.15) is 0 Å². The third-order valence-corrected chi connectivity index (χ3v) is 11.0. The maximum absolute atomic E-state index is 3.67. The van der Waals surface area contributed by atoms with E-state index in [0.29, 0.717) is 0 Å². The van der Waals surface area contributed by atoms with E-state index in [4.69, 9.17) is 0 Å². The summed E-state index contributed by atoms with van der Waals surface area (Å²) in [5, 5.41) is 0. The van der Waals surface area contributed by atoms with Crippen molar-refractivity contribution in [3.63, 3.8) is 0 Å². The highest BCUT2D eigenvalue weighted by atomic mass is 14.1. The van der Waals surface area contributed by atoms with Crippen molar-refractivity contribution in [2.45, 2.75) is 102 Å². The van der Waals surface area contributed by atoms with Crippen LogP contribution >= 0.6 is 0 Å². The molecule has 7 aromatic carbocycles. The van der Waals surface area contributed by atoms with Crippen LogP contribution in [-0.4, -0.2) is 0 Å². The molecular weight excluding hydrogens is 757 g/mol.